The van der Waals surface area contributed by atoms with E-state index < -0.39 is 6.09 Å². The Balaban J connectivity index is 1.10. The van der Waals surface area contributed by atoms with E-state index >= 15 is 0 Å². The minimum Gasteiger partial charge on any atom is -0.465 e. The molecule has 13 nitrogen and oxygen atoms in total. The van der Waals surface area contributed by atoms with Crippen molar-refractivity contribution >= 4 is 34.4 Å². The lowest BCUT2D eigenvalue weighted by Gasteiger charge is -2.42. The minimum absolute atomic E-state index is 0.0162. The van der Waals surface area contributed by atoms with Crippen molar-refractivity contribution in [2.75, 3.05) is 86.7 Å². The molecule has 13 heteroatoms. The van der Waals surface area contributed by atoms with Crippen LogP contribution in [0.1, 0.15) is 18.1 Å². The molecule has 1 amide bonds. The van der Waals surface area contributed by atoms with Crippen LogP contribution in [0.25, 0.3) is 10.9 Å². The highest BCUT2D eigenvalue weighted by Gasteiger charge is 2.30. The number of pyridine rings is 1. The van der Waals surface area contributed by atoms with Crippen LogP contribution in [0.3, 0.4) is 0 Å². The number of aromatic nitrogens is 3. The Labute approximate surface area is 250 Å². The molecule has 3 aliphatic heterocycles. The number of morpholine rings is 1. The van der Waals surface area contributed by atoms with E-state index in [0.717, 1.165) is 62.4 Å². The first kappa shape index (κ1) is 28.4. The van der Waals surface area contributed by atoms with Crippen LogP contribution in [0.4, 0.5) is 22.2 Å². The van der Waals surface area contributed by atoms with Gasteiger partial charge in [-0.25, -0.2) is 9.78 Å². The zero-order valence-electron chi connectivity index (χ0n) is 24.1. The Morgan fingerprint density at radius 3 is 2.42 bits per heavy atom. The van der Waals surface area contributed by atoms with Gasteiger partial charge in [-0.05, 0) is 31.2 Å². The zero-order valence-corrected chi connectivity index (χ0v) is 24.1. The molecule has 1 N–H and O–H groups in total. The van der Waals surface area contributed by atoms with Gasteiger partial charge in [0.2, 0.25) is 5.95 Å². The van der Waals surface area contributed by atoms with Crippen molar-refractivity contribution in [1.29, 1.82) is 10.5 Å². The van der Waals surface area contributed by atoms with E-state index in [1.54, 1.807) is 12.4 Å². The van der Waals surface area contributed by atoms with Gasteiger partial charge in [0.15, 0.2) is 5.82 Å². The van der Waals surface area contributed by atoms with Crippen LogP contribution in [0.15, 0.2) is 36.7 Å². The van der Waals surface area contributed by atoms with Gasteiger partial charge in [-0.1, -0.05) is 0 Å². The van der Waals surface area contributed by atoms with Crippen molar-refractivity contribution in [2.45, 2.75) is 19.1 Å². The molecule has 0 aliphatic carbocycles. The molecule has 5 heterocycles. The molecular weight excluding hydrogens is 548 g/mol. The maximum Gasteiger partial charge on any atom is 0.407 e. The summed E-state index contributed by atoms with van der Waals surface area (Å²) < 4.78 is 6.38. The molecule has 3 aliphatic rings. The average Bonchev–Trinajstić information content (AvgIpc) is 3.04. The molecule has 222 valence electrons. The molecule has 3 aromatic rings. The molecule has 0 bridgehead atoms. The largest absolute Gasteiger partial charge is 0.465 e. The van der Waals surface area contributed by atoms with Gasteiger partial charge in [-0.2, -0.15) is 15.5 Å². The number of ether oxygens (including phenoxy) is 1. The summed E-state index contributed by atoms with van der Waals surface area (Å²) in [4.78, 5) is 35.2. The quantitative estimate of drug-likeness (QED) is 0.469. The highest BCUT2D eigenvalue weighted by atomic mass is 16.5. The number of carbonyl (C=O) groups is 1. The predicted octanol–water partition coefficient (Wildman–Crippen LogP) is 1.98. The normalized spacial score (nSPS) is 21.5. The molecule has 0 unspecified atom stereocenters. The Kier molecular flexibility index (Phi) is 8.09. The predicted molar refractivity (Wildman–Crippen MR) is 160 cm³/mol. The fourth-order valence-electron chi connectivity index (χ4n) is 6.23. The number of nitriles is 2. The lowest BCUT2D eigenvalue weighted by Crippen LogP contribution is -2.54. The highest BCUT2D eigenvalue weighted by Crippen LogP contribution is 2.30. The van der Waals surface area contributed by atoms with Gasteiger partial charge < -0.3 is 29.4 Å². The van der Waals surface area contributed by atoms with E-state index in [9.17, 15) is 20.4 Å². The molecule has 0 spiro atoms. The maximum atomic E-state index is 11.3. The van der Waals surface area contributed by atoms with Crippen LogP contribution < -0.4 is 14.7 Å². The third kappa shape index (κ3) is 5.95. The molecule has 43 heavy (non-hydrogen) atoms. The lowest BCUT2D eigenvalue weighted by molar-refractivity contribution is -0.0327. The smallest absolute Gasteiger partial charge is 0.407 e. The van der Waals surface area contributed by atoms with Crippen LogP contribution in [-0.4, -0.2) is 120 Å². The third-order valence-corrected chi connectivity index (χ3v) is 8.38. The van der Waals surface area contributed by atoms with E-state index in [-0.39, 0.29) is 12.2 Å². The number of rotatable bonds is 5. The highest BCUT2D eigenvalue weighted by molar-refractivity contribution is 5.95. The number of anilines is 3. The Hall–Kier alpha value is -4.72. The van der Waals surface area contributed by atoms with Crippen molar-refractivity contribution in [2.24, 2.45) is 0 Å². The second kappa shape index (κ2) is 12.3. The second-order valence-electron chi connectivity index (χ2n) is 11.2. The second-order valence-corrected chi connectivity index (χ2v) is 11.2. The minimum atomic E-state index is -0.917. The summed E-state index contributed by atoms with van der Waals surface area (Å²) in [6.45, 7) is 9.24. The number of carboxylic acid groups (broad SMARTS) is 1. The SMILES string of the molecule is C[C@@H]1CN(c2ccc(C#N)c3ncccc23)C[C@H](CN2CCN(c3nc(N4CCN(C(=O)O)CC4)ncc3C#N)CC2)O1. The number of nitrogens with zero attached hydrogens (tertiary/aromatic N) is 10. The van der Waals surface area contributed by atoms with Gasteiger partial charge in [0.05, 0.1) is 29.5 Å². The van der Waals surface area contributed by atoms with Gasteiger partial charge in [0.1, 0.15) is 17.7 Å². The van der Waals surface area contributed by atoms with Crippen molar-refractivity contribution < 1.29 is 14.6 Å². The first-order valence-electron chi connectivity index (χ1n) is 14.6. The van der Waals surface area contributed by atoms with Gasteiger partial charge in [0.25, 0.3) is 0 Å². The number of hydrogen-bond donors (Lipinski definition) is 1. The third-order valence-electron chi connectivity index (χ3n) is 8.38. The summed E-state index contributed by atoms with van der Waals surface area (Å²) in [5.41, 5.74) is 2.80. The standard InChI is InChI=1S/C30H34N10O3/c1-21-18-40(26-5-4-22(15-31)27-25(26)3-2-6-33-27)20-24(43-21)19-36-7-9-37(10-8-36)28-23(16-32)17-34-29(35-28)38-11-13-39(14-12-38)30(41)42/h2-6,17,21,24H,7-14,18-20H2,1H3,(H,41,42)/t21-,24+/m1/s1. The number of hydrogen-bond acceptors (Lipinski definition) is 11. The van der Waals surface area contributed by atoms with Gasteiger partial charge in [-0.15, -0.1) is 0 Å². The molecule has 2 aromatic heterocycles. The van der Waals surface area contributed by atoms with Crippen molar-refractivity contribution in [3.05, 3.63) is 47.8 Å². The van der Waals surface area contributed by atoms with E-state index in [2.05, 4.69) is 43.7 Å². The fourth-order valence-corrected chi connectivity index (χ4v) is 6.23. The van der Waals surface area contributed by atoms with Crippen molar-refractivity contribution in [1.82, 2.24) is 24.8 Å². The van der Waals surface area contributed by atoms with Crippen molar-refractivity contribution in [3.8, 4) is 12.1 Å². The van der Waals surface area contributed by atoms with Crippen LogP contribution in [0.2, 0.25) is 0 Å². The first-order valence-corrected chi connectivity index (χ1v) is 14.6. The topological polar surface area (TPSA) is 149 Å². The molecule has 0 radical (unpaired) electrons. The maximum absolute atomic E-state index is 11.3. The van der Waals surface area contributed by atoms with Gasteiger partial charge in [-0.3, -0.25) is 9.88 Å². The van der Waals surface area contributed by atoms with Crippen LogP contribution >= 0.6 is 0 Å². The summed E-state index contributed by atoms with van der Waals surface area (Å²) in [7, 11) is 0. The molecule has 3 saturated heterocycles. The van der Waals surface area contributed by atoms with Crippen LogP contribution in [0, 0.1) is 22.7 Å². The summed E-state index contributed by atoms with van der Waals surface area (Å²) in [5, 5.41) is 29.5. The Morgan fingerprint density at radius 2 is 1.70 bits per heavy atom. The van der Waals surface area contributed by atoms with E-state index in [1.807, 2.05) is 29.2 Å². The van der Waals surface area contributed by atoms with Crippen LogP contribution in [-0.2, 0) is 4.74 Å². The average molecular weight is 583 g/mol. The number of piperazine rings is 2. The first-order chi connectivity index (χ1) is 20.9. The molecule has 0 saturated carbocycles. The molecular formula is C30H34N10O3. The van der Waals surface area contributed by atoms with Crippen LogP contribution in [0.5, 0.6) is 0 Å². The lowest BCUT2D eigenvalue weighted by atomic mass is 10.1. The summed E-state index contributed by atoms with van der Waals surface area (Å²) in [6, 6.07) is 12.3. The molecule has 2 atom stereocenters. The molecule has 6 rings (SSSR count). The van der Waals surface area contributed by atoms with Crippen molar-refractivity contribution in [3.63, 3.8) is 0 Å². The summed E-state index contributed by atoms with van der Waals surface area (Å²) >= 11 is 0. The van der Waals surface area contributed by atoms with Gasteiger partial charge in [0, 0.05) is 89.3 Å². The van der Waals surface area contributed by atoms with E-state index in [0.29, 0.717) is 49.1 Å². The Bertz CT molecular complexity index is 1570. The monoisotopic (exact) mass is 582 g/mol. The Morgan fingerprint density at radius 1 is 0.953 bits per heavy atom. The molecule has 3 fully saturated rings. The van der Waals surface area contributed by atoms with E-state index in [4.69, 9.17) is 9.72 Å². The number of benzene rings is 1. The summed E-state index contributed by atoms with van der Waals surface area (Å²) in [5.74, 6) is 1.15. The fraction of sp³-hybridized carbons (Fsp3) is 0.467. The van der Waals surface area contributed by atoms with Gasteiger partial charge >= 0.3 is 6.09 Å². The number of amides is 1. The zero-order chi connectivity index (χ0) is 29.9. The summed E-state index contributed by atoms with van der Waals surface area (Å²) in [6.07, 6.45) is 2.45. The molecule has 1 aromatic carbocycles. The van der Waals surface area contributed by atoms with E-state index in [1.165, 1.54) is 4.90 Å². The number of fused-ring (bicyclic) bond motifs is 1.